The summed E-state index contributed by atoms with van der Waals surface area (Å²) in [4.78, 5) is 29.0. The molecule has 2 amide bonds. The van der Waals surface area contributed by atoms with E-state index in [2.05, 4.69) is 25.2 Å². The lowest BCUT2D eigenvalue weighted by molar-refractivity contribution is 0.207. The highest BCUT2D eigenvalue weighted by Crippen LogP contribution is 2.27. The fourth-order valence-corrected chi connectivity index (χ4v) is 3.69. The Morgan fingerprint density at radius 1 is 1.15 bits per heavy atom. The van der Waals surface area contributed by atoms with Crippen LogP contribution >= 0.6 is 0 Å². The van der Waals surface area contributed by atoms with Gasteiger partial charge in [-0.25, -0.2) is 24.1 Å². The number of rotatable bonds is 6. The van der Waals surface area contributed by atoms with E-state index >= 15 is 0 Å². The van der Waals surface area contributed by atoms with Crippen molar-refractivity contribution in [1.82, 2.24) is 19.9 Å². The number of nitrogen functional groups attached to an aromatic ring is 1. The molecule has 0 saturated carbocycles. The summed E-state index contributed by atoms with van der Waals surface area (Å²) in [5.41, 5.74) is 7.46. The van der Waals surface area contributed by atoms with Crippen molar-refractivity contribution in [3.63, 3.8) is 0 Å². The first-order chi connectivity index (χ1) is 16.4. The SMILES string of the molecule is CC(C)c1ccc(F)c(NC(=O)N2CCN(c3ncccc3OCc3ccnc(N)n3)CC2)c1. The molecule has 3 N–H and O–H groups in total. The number of pyridine rings is 1. The Hall–Kier alpha value is -3.95. The highest BCUT2D eigenvalue weighted by molar-refractivity contribution is 5.89. The molecule has 1 fully saturated rings. The van der Waals surface area contributed by atoms with Crippen LogP contribution in [0.1, 0.15) is 31.0 Å². The Kier molecular flexibility index (Phi) is 7.05. The number of nitrogens with one attached hydrogen (secondary N) is 1. The predicted octanol–water partition coefficient (Wildman–Crippen LogP) is 3.65. The Labute approximate surface area is 197 Å². The fourth-order valence-electron chi connectivity index (χ4n) is 3.69. The van der Waals surface area contributed by atoms with Crippen LogP contribution in [-0.4, -0.2) is 52.1 Å². The molecule has 3 heterocycles. The molecule has 10 heteroatoms. The molecule has 4 rings (SSSR count). The summed E-state index contributed by atoms with van der Waals surface area (Å²) >= 11 is 0. The molecule has 0 radical (unpaired) electrons. The van der Waals surface area contributed by atoms with Gasteiger partial charge in [0.2, 0.25) is 5.95 Å². The monoisotopic (exact) mass is 465 g/mol. The van der Waals surface area contributed by atoms with Gasteiger partial charge in [0.25, 0.3) is 0 Å². The maximum atomic E-state index is 14.2. The molecule has 1 aliphatic rings. The van der Waals surface area contributed by atoms with Crippen LogP contribution in [0.15, 0.2) is 48.8 Å². The molecule has 1 aromatic carbocycles. The van der Waals surface area contributed by atoms with E-state index in [0.29, 0.717) is 43.4 Å². The molecular weight excluding hydrogens is 437 g/mol. The third-order valence-corrected chi connectivity index (χ3v) is 5.62. The van der Waals surface area contributed by atoms with Crippen molar-refractivity contribution in [3.05, 3.63) is 65.9 Å². The van der Waals surface area contributed by atoms with Crippen molar-refractivity contribution in [2.24, 2.45) is 0 Å². The summed E-state index contributed by atoms with van der Waals surface area (Å²) in [7, 11) is 0. The standard InChI is InChI=1S/C24H28FN7O2/c1-16(2)17-5-6-19(25)20(14-17)30-24(33)32-12-10-31(11-13-32)22-21(4-3-8-27-22)34-15-18-7-9-28-23(26)29-18/h3-9,14,16H,10-13,15H2,1-2H3,(H,30,33)(H2,26,28,29). The molecule has 0 spiro atoms. The summed E-state index contributed by atoms with van der Waals surface area (Å²) in [6.45, 7) is 6.35. The zero-order valence-corrected chi connectivity index (χ0v) is 19.2. The van der Waals surface area contributed by atoms with Crippen molar-refractivity contribution >= 4 is 23.5 Å². The van der Waals surface area contributed by atoms with Crippen LogP contribution in [0, 0.1) is 5.82 Å². The van der Waals surface area contributed by atoms with E-state index in [-0.39, 0.29) is 30.2 Å². The van der Waals surface area contributed by atoms with E-state index < -0.39 is 5.82 Å². The van der Waals surface area contributed by atoms with Crippen LogP contribution in [0.4, 0.5) is 26.6 Å². The minimum atomic E-state index is -0.447. The Morgan fingerprint density at radius 3 is 2.68 bits per heavy atom. The first kappa shape index (κ1) is 23.2. The summed E-state index contributed by atoms with van der Waals surface area (Å²) in [5.74, 6) is 1.29. The number of aromatic nitrogens is 3. The zero-order valence-electron chi connectivity index (χ0n) is 19.2. The summed E-state index contributed by atoms with van der Waals surface area (Å²) in [5, 5.41) is 2.72. The van der Waals surface area contributed by atoms with E-state index in [1.807, 2.05) is 19.9 Å². The minimum Gasteiger partial charge on any atom is -0.483 e. The van der Waals surface area contributed by atoms with Crippen LogP contribution in [-0.2, 0) is 6.61 Å². The smallest absolute Gasteiger partial charge is 0.322 e. The zero-order chi connectivity index (χ0) is 24.1. The molecule has 1 saturated heterocycles. The van der Waals surface area contributed by atoms with Gasteiger partial charge in [-0.3, -0.25) is 0 Å². The third-order valence-electron chi connectivity index (χ3n) is 5.62. The molecular formula is C24H28FN7O2. The first-order valence-corrected chi connectivity index (χ1v) is 11.2. The van der Waals surface area contributed by atoms with Crippen LogP contribution in [0.2, 0.25) is 0 Å². The van der Waals surface area contributed by atoms with Gasteiger partial charge in [0, 0.05) is 38.6 Å². The lowest BCUT2D eigenvalue weighted by Crippen LogP contribution is -2.50. The topological polar surface area (TPSA) is 110 Å². The lowest BCUT2D eigenvalue weighted by Gasteiger charge is -2.35. The maximum Gasteiger partial charge on any atom is 0.322 e. The number of anilines is 3. The predicted molar refractivity (Wildman–Crippen MR) is 128 cm³/mol. The molecule has 2 aromatic heterocycles. The second-order valence-electron chi connectivity index (χ2n) is 8.32. The normalized spacial score (nSPS) is 13.8. The van der Waals surface area contributed by atoms with Gasteiger partial charge < -0.3 is 25.6 Å². The van der Waals surface area contributed by atoms with Crippen LogP contribution < -0.4 is 20.7 Å². The van der Waals surface area contributed by atoms with Crippen molar-refractivity contribution in [3.8, 4) is 5.75 Å². The van der Waals surface area contributed by atoms with Gasteiger partial charge in [0.05, 0.1) is 11.4 Å². The molecule has 9 nitrogen and oxygen atoms in total. The van der Waals surface area contributed by atoms with Crippen LogP contribution in [0.3, 0.4) is 0 Å². The number of carbonyl (C=O) groups is 1. The second-order valence-corrected chi connectivity index (χ2v) is 8.32. The van der Waals surface area contributed by atoms with Gasteiger partial charge in [0.1, 0.15) is 12.4 Å². The van der Waals surface area contributed by atoms with Gasteiger partial charge in [0.15, 0.2) is 11.6 Å². The minimum absolute atomic E-state index is 0.192. The first-order valence-electron chi connectivity index (χ1n) is 11.2. The molecule has 1 aliphatic heterocycles. The molecule has 0 unspecified atom stereocenters. The maximum absolute atomic E-state index is 14.2. The van der Waals surface area contributed by atoms with E-state index in [1.165, 1.54) is 6.07 Å². The number of hydrogen-bond acceptors (Lipinski definition) is 7. The average Bonchev–Trinajstić information content (AvgIpc) is 2.84. The number of nitrogens with two attached hydrogens (primary N) is 1. The number of nitrogens with zero attached hydrogens (tertiary/aromatic N) is 5. The lowest BCUT2D eigenvalue weighted by atomic mass is 10.0. The number of hydrogen-bond donors (Lipinski definition) is 2. The van der Waals surface area contributed by atoms with E-state index in [4.69, 9.17) is 10.5 Å². The molecule has 0 bridgehead atoms. The quantitative estimate of drug-likeness (QED) is 0.572. The summed E-state index contributed by atoms with van der Waals surface area (Å²) in [6.07, 6.45) is 3.29. The van der Waals surface area contributed by atoms with E-state index in [0.717, 1.165) is 5.56 Å². The summed E-state index contributed by atoms with van der Waals surface area (Å²) < 4.78 is 20.2. The van der Waals surface area contributed by atoms with Crippen LogP contribution in [0.5, 0.6) is 5.75 Å². The van der Waals surface area contributed by atoms with Crippen molar-refractivity contribution in [2.75, 3.05) is 42.1 Å². The van der Waals surface area contributed by atoms with Crippen molar-refractivity contribution in [2.45, 2.75) is 26.4 Å². The third kappa shape index (κ3) is 5.51. The number of halogens is 1. The number of carbonyl (C=O) groups excluding carboxylic acids is 1. The summed E-state index contributed by atoms with van der Waals surface area (Å²) in [6, 6.07) is 9.88. The van der Waals surface area contributed by atoms with Gasteiger partial charge in [-0.1, -0.05) is 19.9 Å². The van der Waals surface area contributed by atoms with Crippen molar-refractivity contribution in [1.29, 1.82) is 0 Å². The van der Waals surface area contributed by atoms with Gasteiger partial charge in [-0.05, 0) is 41.8 Å². The largest absolute Gasteiger partial charge is 0.483 e. The Morgan fingerprint density at radius 2 is 1.94 bits per heavy atom. The highest BCUT2D eigenvalue weighted by Gasteiger charge is 2.24. The van der Waals surface area contributed by atoms with E-state index in [9.17, 15) is 9.18 Å². The fraction of sp³-hybridized carbons (Fsp3) is 0.333. The average molecular weight is 466 g/mol. The Balaban J connectivity index is 1.37. The van der Waals surface area contributed by atoms with Crippen molar-refractivity contribution < 1.29 is 13.9 Å². The second kappa shape index (κ2) is 10.3. The number of piperazine rings is 1. The van der Waals surface area contributed by atoms with Crippen LogP contribution in [0.25, 0.3) is 0 Å². The van der Waals surface area contributed by atoms with E-state index in [1.54, 1.807) is 41.6 Å². The molecule has 3 aromatic rings. The number of amides is 2. The number of ether oxygens (including phenoxy) is 1. The number of urea groups is 1. The molecule has 0 atom stereocenters. The van der Waals surface area contributed by atoms with Gasteiger partial charge >= 0.3 is 6.03 Å². The molecule has 0 aliphatic carbocycles. The molecule has 34 heavy (non-hydrogen) atoms. The number of benzene rings is 1. The highest BCUT2D eigenvalue weighted by atomic mass is 19.1. The van der Waals surface area contributed by atoms with Gasteiger partial charge in [-0.2, -0.15) is 0 Å². The molecule has 178 valence electrons. The Bertz CT molecular complexity index is 1150. The van der Waals surface area contributed by atoms with Gasteiger partial charge in [-0.15, -0.1) is 0 Å².